The number of nitrogens with zero attached hydrogens (tertiary/aromatic N) is 2. The fraction of sp³-hybridized carbons (Fsp3) is 0.485. The van der Waals surface area contributed by atoms with E-state index in [4.69, 9.17) is 5.73 Å². The van der Waals surface area contributed by atoms with Gasteiger partial charge in [0.2, 0.25) is 11.8 Å². The van der Waals surface area contributed by atoms with Gasteiger partial charge in [-0.15, -0.1) is 0 Å². The molecule has 12 heteroatoms. The zero-order valence-corrected chi connectivity index (χ0v) is 25.3. The molecule has 240 valence electrons. The number of rotatable bonds is 12. The third kappa shape index (κ3) is 7.90. The van der Waals surface area contributed by atoms with E-state index in [9.17, 15) is 27.6 Å². The van der Waals surface area contributed by atoms with Crippen LogP contribution in [0.1, 0.15) is 74.6 Å². The summed E-state index contributed by atoms with van der Waals surface area (Å²) in [6.07, 6.45) is 5.28. The molecule has 0 spiro atoms. The first-order valence-electron chi connectivity index (χ1n) is 15.4. The fourth-order valence-electron chi connectivity index (χ4n) is 6.32. The van der Waals surface area contributed by atoms with E-state index in [2.05, 4.69) is 25.9 Å². The minimum Gasteiger partial charge on any atom is -0.405 e. The Morgan fingerprint density at radius 2 is 1.76 bits per heavy atom. The molecule has 3 aliphatic carbocycles. The Bertz CT molecular complexity index is 1460. The van der Waals surface area contributed by atoms with E-state index in [1.807, 2.05) is 13.8 Å². The Labute approximate surface area is 260 Å². The summed E-state index contributed by atoms with van der Waals surface area (Å²) in [7, 11) is 0. The zero-order valence-electron chi connectivity index (χ0n) is 25.3. The number of aryl methyl sites for hydroxylation is 1. The number of alkyl halides is 3. The van der Waals surface area contributed by atoms with Crippen molar-refractivity contribution in [3.8, 4) is 0 Å². The van der Waals surface area contributed by atoms with E-state index in [1.54, 1.807) is 18.2 Å². The summed E-state index contributed by atoms with van der Waals surface area (Å²) in [5.41, 5.74) is 7.45. The predicted octanol–water partition coefficient (Wildman–Crippen LogP) is 4.71. The van der Waals surface area contributed by atoms with Gasteiger partial charge in [0.1, 0.15) is 11.8 Å². The number of nitrogens with one attached hydrogen (secondary N) is 3. The van der Waals surface area contributed by atoms with Gasteiger partial charge in [-0.25, -0.2) is 0 Å². The molecule has 3 aliphatic rings. The highest BCUT2D eigenvalue weighted by molar-refractivity contribution is 6.43. The molecule has 2 aromatic rings. The number of carbonyl (C=O) groups is 3. The molecule has 1 aromatic heterocycles. The molecular formula is C33H39F3N6O3. The maximum atomic E-state index is 13.8. The Hall–Kier alpha value is -4.22. The second-order valence-corrected chi connectivity index (χ2v) is 12.4. The number of hydrogen-bond acceptors (Lipinski definition) is 6. The standard InChI is InChI=1S/C33H39F3N6O3/c1-18(2)39-26(13-14-37)31(44)41-28(27(19-5-6-19)20-7-8-20)32(45)40-23-10-12-24-21(16-23)9-11-25(24)30(43)42-29(33(34,35)36)22-4-3-15-38-17-22/h3-4,10,12-20,25,27-29H,5-9,11,37H2,1-2H3,(H,40,45)(H,41,44)(H,42,43)/b14-13-,39-26?. The van der Waals surface area contributed by atoms with Gasteiger partial charge in [-0.3, -0.25) is 24.4 Å². The first-order valence-corrected chi connectivity index (χ1v) is 15.4. The average Bonchev–Trinajstić information content (AvgIpc) is 3.93. The number of halogens is 3. The number of anilines is 1. The number of aliphatic imine (C=N–C) groups is 1. The van der Waals surface area contributed by atoms with Crippen molar-refractivity contribution in [3.05, 3.63) is 71.7 Å². The maximum Gasteiger partial charge on any atom is 0.412 e. The minimum atomic E-state index is -4.69. The Balaban J connectivity index is 1.32. The summed E-state index contributed by atoms with van der Waals surface area (Å²) < 4.78 is 41.5. The Kier molecular flexibility index (Phi) is 9.59. The van der Waals surface area contributed by atoms with Crippen molar-refractivity contribution in [2.75, 3.05) is 5.32 Å². The molecule has 2 fully saturated rings. The van der Waals surface area contributed by atoms with Crippen LogP contribution in [0.25, 0.3) is 0 Å². The number of benzene rings is 1. The average molecular weight is 625 g/mol. The summed E-state index contributed by atoms with van der Waals surface area (Å²) in [5, 5.41) is 8.09. The van der Waals surface area contributed by atoms with Crippen LogP contribution in [0, 0.1) is 17.8 Å². The van der Waals surface area contributed by atoms with Gasteiger partial charge >= 0.3 is 6.18 Å². The summed E-state index contributed by atoms with van der Waals surface area (Å²) >= 11 is 0. The van der Waals surface area contributed by atoms with Crippen LogP contribution in [0.3, 0.4) is 0 Å². The molecule has 3 amide bonds. The Morgan fingerprint density at radius 1 is 1.04 bits per heavy atom. The second-order valence-electron chi connectivity index (χ2n) is 12.4. The van der Waals surface area contributed by atoms with Crippen LogP contribution in [-0.4, -0.2) is 46.7 Å². The lowest BCUT2D eigenvalue weighted by molar-refractivity contribution is -0.164. The topological polar surface area (TPSA) is 139 Å². The highest BCUT2D eigenvalue weighted by Gasteiger charge is 2.48. The summed E-state index contributed by atoms with van der Waals surface area (Å²) in [4.78, 5) is 48.3. The minimum absolute atomic E-state index is 0.00000250. The first-order chi connectivity index (χ1) is 21.5. The number of carbonyl (C=O) groups excluding carboxylic acids is 3. The van der Waals surface area contributed by atoms with Crippen molar-refractivity contribution in [2.45, 2.75) is 82.6 Å². The van der Waals surface area contributed by atoms with Gasteiger partial charge in [-0.2, -0.15) is 13.2 Å². The predicted molar refractivity (Wildman–Crippen MR) is 164 cm³/mol. The van der Waals surface area contributed by atoms with Crippen molar-refractivity contribution >= 4 is 29.1 Å². The summed E-state index contributed by atoms with van der Waals surface area (Å²) in [6.45, 7) is 3.69. The van der Waals surface area contributed by atoms with Gasteiger partial charge in [-0.1, -0.05) is 12.1 Å². The van der Waals surface area contributed by atoms with Crippen LogP contribution in [0.15, 0.2) is 60.0 Å². The van der Waals surface area contributed by atoms with Crippen LogP contribution in [0.5, 0.6) is 0 Å². The van der Waals surface area contributed by atoms with Crippen LogP contribution in [0.2, 0.25) is 0 Å². The first kappa shape index (κ1) is 32.2. The van der Waals surface area contributed by atoms with Crippen molar-refractivity contribution in [3.63, 3.8) is 0 Å². The molecule has 0 aliphatic heterocycles. The van der Waals surface area contributed by atoms with Gasteiger partial charge in [0.05, 0.1) is 5.92 Å². The lowest BCUT2D eigenvalue weighted by Gasteiger charge is -2.27. The lowest BCUT2D eigenvalue weighted by atomic mass is 9.88. The molecule has 5 N–H and O–H groups in total. The molecule has 1 heterocycles. The van der Waals surface area contributed by atoms with E-state index < -0.39 is 36.0 Å². The molecule has 3 unspecified atom stereocenters. The number of nitrogens with two attached hydrogens (primary N) is 1. The number of hydrogen-bond donors (Lipinski definition) is 4. The van der Waals surface area contributed by atoms with Crippen LogP contribution >= 0.6 is 0 Å². The molecule has 2 saturated carbocycles. The fourth-order valence-corrected chi connectivity index (χ4v) is 6.32. The van der Waals surface area contributed by atoms with Crippen molar-refractivity contribution in [2.24, 2.45) is 28.5 Å². The van der Waals surface area contributed by atoms with Gasteiger partial charge in [0.15, 0.2) is 6.04 Å². The van der Waals surface area contributed by atoms with Crippen molar-refractivity contribution in [1.29, 1.82) is 0 Å². The van der Waals surface area contributed by atoms with Crippen LogP contribution < -0.4 is 21.7 Å². The van der Waals surface area contributed by atoms with Gasteiger partial charge in [-0.05, 0) is 112 Å². The largest absolute Gasteiger partial charge is 0.412 e. The highest BCUT2D eigenvalue weighted by atomic mass is 19.4. The number of fused-ring (bicyclic) bond motifs is 1. The zero-order chi connectivity index (χ0) is 32.3. The maximum absolute atomic E-state index is 13.8. The van der Waals surface area contributed by atoms with Crippen LogP contribution in [-0.2, 0) is 20.8 Å². The molecule has 5 rings (SSSR count). The van der Waals surface area contributed by atoms with Gasteiger partial charge in [0.25, 0.3) is 5.91 Å². The van der Waals surface area contributed by atoms with Crippen molar-refractivity contribution in [1.82, 2.24) is 15.6 Å². The SMILES string of the molecule is CC(C)N=C(/C=C\N)C(=O)NC(C(=O)Nc1ccc2c(c1)CCC2C(=O)NC(c1cccnc1)C(F)(F)F)C(C1CC1)C1CC1. The molecule has 1 aromatic carbocycles. The Morgan fingerprint density at radius 3 is 2.33 bits per heavy atom. The van der Waals surface area contributed by atoms with E-state index in [0.717, 1.165) is 37.4 Å². The molecule has 3 atom stereocenters. The van der Waals surface area contributed by atoms with E-state index in [1.165, 1.54) is 30.6 Å². The van der Waals surface area contributed by atoms with E-state index in [-0.39, 0.29) is 29.1 Å². The molecule has 9 nitrogen and oxygen atoms in total. The third-order valence-corrected chi connectivity index (χ3v) is 8.61. The third-order valence-electron chi connectivity index (χ3n) is 8.61. The van der Waals surface area contributed by atoms with E-state index >= 15 is 0 Å². The normalized spacial score (nSPS) is 19.8. The number of pyridine rings is 1. The smallest absolute Gasteiger partial charge is 0.405 e. The molecular weight excluding hydrogens is 585 g/mol. The molecule has 45 heavy (non-hydrogen) atoms. The molecule has 0 saturated heterocycles. The number of amides is 3. The molecule has 0 radical (unpaired) electrons. The lowest BCUT2D eigenvalue weighted by Crippen LogP contribution is -2.51. The van der Waals surface area contributed by atoms with Crippen LogP contribution in [0.4, 0.5) is 18.9 Å². The quantitative estimate of drug-likeness (QED) is 0.254. The number of aromatic nitrogens is 1. The monoisotopic (exact) mass is 624 g/mol. The van der Waals surface area contributed by atoms with Gasteiger partial charge < -0.3 is 21.7 Å². The van der Waals surface area contributed by atoms with Gasteiger partial charge in [0, 0.05) is 29.7 Å². The summed E-state index contributed by atoms with van der Waals surface area (Å²) in [6, 6.07) is 4.66. The van der Waals surface area contributed by atoms with Crippen molar-refractivity contribution < 1.29 is 27.6 Å². The molecule has 0 bridgehead atoms. The highest BCUT2D eigenvalue weighted by Crippen LogP contribution is 2.51. The van der Waals surface area contributed by atoms with E-state index in [0.29, 0.717) is 35.9 Å². The summed E-state index contributed by atoms with van der Waals surface area (Å²) in [5.74, 6) is -1.58. The second kappa shape index (κ2) is 13.4.